The van der Waals surface area contributed by atoms with E-state index in [9.17, 15) is 4.79 Å². The molecule has 7 heteroatoms. The van der Waals surface area contributed by atoms with Gasteiger partial charge in [0.25, 0.3) is 5.91 Å². The molecule has 1 aromatic carbocycles. The second kappa shape index (κ2) is 9.16. The number of fused-ring (bicyclic) bond motifs is 1. The van der Waals surface area contributed by atoms with Crippen molar-refractivity contribution < 1.29 is 14.1 Å². The summed E-state index contributed by atoms with van der Waals surface area (Å²) in [6.45, 7) is 4.25. The number of nitrogens with zero attached hydrogens (tertiary/aromatic N) is 3. The number of benzene rings is 1. The van der Waals surface area contributed by atoms with E-state index < -0.39 is 0 Å². The van der Waals surface area contributed by atoms with Crippen LogP contribution in [0.3, 0.4) is 0 Å². The molecule has 2 fully saturated rings. The van der Waals surface area contributed by atoms with Crippen LogP contribution in [-0.2, 0) is 11.3 Å². The molecule has 4 heterocycles. The molecule has 2 aliphatic rings. The molecule has 0 spiro atoms. The molecule has 0 bridgehead atoms. The van der Waals surface area contributed by atoms with E-state index in [1.54, 1.807) is 0 Å². The lowest BCUT2D eigenvalue weighted by Crippen LogP contribution is -2.40. The first-order valence-corrected chi connectivity index (χ1v) is 11.2. The van der Waals surface area contributed by atoms with Crippen LogP contribution in [0.5, 0.6) is 0 Å². The number of pyridine rings is 1. The summed E-state index contributed by atoms with van der Waals surface area (Å²) in [6, 6.07) is 12.3. The van der Waals surface area contributed by atoms with E-state index in [1.807, 2.05) is 18.3 Å². The second-order valence-corrected chi connectivity index (χ2v) is 8.54. The SMILES string of the molecule is O=C(N[C@@H]1CCCOC1)c1cc(C2CCN(Cc3ccnc4ccccc34)CC2)no1. The molecule has 5 rings (SSSR count). The minimum Gasteiger partial charge on any atom is -0.379 e. The molecule has 0 saturated carbocycles. The average molecular weight is 421 g/mol. The number of likely N-dealkylation sites (tertiary alicyclic amines) is 1. The molecule has 162 valence electrons. The van der Waals surface area contributed by atoms with Crippen LogP contribution in [0.2, 0.25) is 0 Å². The lowest BCUT2D eigenvalue weighted by Gasteiger charge is -2.31. The van der Waals surface area contributed by atoms with Gasteiger partial charge >= 0.3 is 0 Å². The summed E-state index contributed by atoms with van der Waals surface area (Å²) in [5, 5.41) is 8.42. The number of carbonyl (C=O) groups is 1. The minimum absolute atomic E-state index is 0.0577. The Morgan fingerprint density at radius 1 is 1.16 bits per heavy atom. The van der Waals surface area contributed by atoms with Gasteiger partial charge in [-0.2, -0.15) is 0 Å². The van der Waals surface area contributed by atoms with Crippen molar-refractivity contribution in [2.75, 3.05) is 26.3 Å². The van der Waals surface area contributed by atoms with Gasteiger partial charge in [0.2, 0.25) is 5.76 Å². The van der Waals surface area contributed by atoms with Crippen molar-refractivity contribution in [1.29, 1.82) is 0 Å². The number of ether oxygens (including phenoxy) is 1. The van der Waals surface area contributed by atoms with E-state index in [1.165, 1.54) is 10.9 Å². The van der Waals surface area contributed by atoms with Crippen LogP contribution >= 0.6 is 0 Å². The van der Waals surface area contributed by atoms with Crippen LogP contribution in [0.25, 0.3) is 10.9 Å². The predicted molar refractivity (Wildman–Crippen MR) is 117 cm³/mol. The lowest BCUT2D eigenvalue weighted by molar-refractivity contribution is 0.0608. The predicted octanol–water partition coefficient (Wildman–Crippen LogP) is 3.51. The Hall–Kier alpha value is -2.77. The molecule has 0 radical (unpaired) electrons. The third-order valence-corrected chi connectivity index (χ3v) is 6.39. The number of amides is 1. The highest BCUT2D eigenvalue weighted by atomic mass is 16.5. The minimum atomic E-state index is -0.198. The molecule has 0 aliphatic carbocycles. The first kappa shape index (κ1) is 20.2. The molecule has 3 aromatic rings. The maximum atomic E-state index is 12.5. The number of rotatable bonds is 5. The quantitative estimate of drug-likeness (QED) is 0.680. The van der Waals surface area contributed by atoms with Crippen molar-refractivity contribution in [1.82, 2.24) is 20.4 Å². The topological polar surface area (TPSA) is 80.5 Å². The van der Waals surface area contributed by atoms with Gasteiger partial charge in [-0.25, -0.2) is 0 Å². The number of nitrogens with one attached hydrogen (secondary N) is 1. The number of carbonyl (C=O) groups excluding carboxylic acids is 1. The molecule has 1 N–H and O–H groups in total. The van der Waals surface area contributed by atoms with Crippen LogP contribution in [0.15, 0.2) is 47.1 Å². The Bertz CT molecular complexity index is 1030. The fourth-order valence-corrected chi connectivity index (χ4v) is 4.62. The standard InChI is InChI=1S/C24H28N4O3/c29-24(26-19-4-3-13-30-16-19)23-14-22(27-31-23)17-8-11-28(12-9-17)15-18-7-10-25-21-6-2-1-5-20(18)21/h1-2,5-7,10,14,17,19H,3-4,8-9,11-13,15-16H2,(H,26,29)/t19-/m1/s1. The maximum Gasteiger partial charge on any atom is 0.290 e. The van der Waals surface area contributed by atoms with E-state index in [2.05, 4.69) is 44.6 Å². The Morgan fingerprint density at radius 2 is 2.03 bits per heavy atom. The smallest absolute Gasteiger partial charge is 0.290 e. The van der Waals surface area contributed by atoms with E-state index in [-0.39, 0.29) is 11.9 Å². The van der Waals surface area contributed by atoms with Gasteiger partial charge in [0, 0.05) is 36.7 Å². The maximum absolute atomic E-state index is 12.5. The molecule has 2 aliphatic heterocycles. The van der Waals surface area contributed by atoms with Gasteiger partial charge in [-0.15, -0.1) is 0 Å². The van der Waals surface area contributed by atoms with Crippen LogP contribution in [0, 0.1) is 0 Å². The van der Waals surface area contributed by atoms with Gasteiger partial charge < -0.3 is 14.6 Å². The van der Waals surface area contributed by atoms with Crippen molar-refractivity contribution in [2.45, 2.75) is 44.2 Å². The summed E-state index contributed by atoms with van der Waals surface area (Å²) >= 11 is 0. The fraction of sp³-hybridized carbons (Fsp3) is 0.458. The van der Waals surface area contributed by atoms with Crippen LogP contribution in [0.1, 0.15) is 53.4 Å². The highest BCUT2D eigenvalue weighted by Gasteiger charge is 2.26. The lowest BCUT2D eigenvalue weighted by atomic mass is 9.93. The molecule has 2 aromatic heterocycles. The molecule has 1 atom stereocenters. The Labute approximate surface area is 181 Å². The van der Waals surface area contributed by atoms with Gasteiger partial charge in [-0.05, 0) is 56.5 Å². The average Bonchev–Trinajstić information content (AvgIpc) is 3.31. The molecule has 1 amide bonds. The number of aromatic nitrogens is 2. The fourth-order valence-electron chi connectivity index (χ4n) is 4.62. The summed E-state index contributed by atoms with van der Waals surface area (Å²) in [5.41, 5.74) is 3.25. The summed E-state index contributed by atoms with van der Waals surface area (Å²) in [4.78, 5) is 19.4. The zero-order chi connectivity index (χ0) is 21.0. The molecular weight excluding hydrogens is 392 g/mol. The van der Waals surface area contributed by atoms with E-state index in [0.29, 0.717) is 18.3 Å². The highest BCUT2D eigenvalue weighted by Crippen LogP contribution is 2.29. The van der Waals surface area contributed by atoms with Gasteiger partial charge in [-0.3, -0.25) is 14.7 Å². The van der Waals surface area contributed by atoms with Crippen molar-refractivity contribution >= 4 is 16.8 Å². The largest absolute Gasteiger partial charge is 0.379 e. The molecule has 7 nitrogen and oxygen atoms in total. The van der Waals surface area contributed by atoms with Crippen LogP contribution in [0.4, 0.5) is 0 Å². The summed E-state index contributed by atoms with van der Waals surface area (Å²) in [6.07, 6.45) is 5.82. The van der Waals surface area contributed by atoms with E-state index >= 15 is 0 Å². The third-order valence-electron chi connectivity index (χ3n) is 6.39. The summed E-state index contributed by atoms with van der Waals surface area (Å²) in [7, 11) is 0. The monoisotopic (exact) mass is 420 g/mol. The van der Waals surface area contributed by atoms with Crippen molar-refractivity contribution in [2.24, 2.45) is 0 Å². The van der Waals surface area contributed by atoms with Crippen molar-refractivity contribution in [3.63, 3.8) is 0 Å². The first-order chi connectivity index (χ1) is 15.3. The van der Waals surface area contributed by atoms with Gasteiger partial charge in [0.1, 0.15) is 0 Å². The normalized spacial score (nSPS) is 20.7. The van der Waals surface area contributed by atoms with E-state index in [0.717, 1.165) is 63.1 Å². The Kier molecular flexibility index (Phi) is 5.95. The van der Waals surface area contributed by atoms with Crippen LogP contribution in [-0.4, -0.2) is 53.3 Å². The molecule has 2 saturated heterocycles. The molecular formula is C24H28N4O3. The zero-order valence-electron chi connectivity index (χ0n) is 17.6. The Balaban J connectivity index is 1.17. The van der Waals surface area contributed by atoms with E-state index in [4.69, 9.17) is 9.26 Å². The van der Waals surface area contributed by atoms with Crippen molar-refractivity contribution in [3.05, 3.63) is 59.6 Å². The zero-order valence-corrected chi connectivity index (χ0v) is 17.6. The highest BCUT2D eigenvalue weighted by molar-refractivity contribution is 5.91. The number of hydrogen-bond acceptors (Lipinski definition) is 6. The molecule has 0 unspecified atom stereocenters. The third kappa shape index (κ3) is 4.62. The van der Waals surface area contributed by atoms with Gasteiger partial charge in [-0.1, -0.05) is 23.4 Å². The van der Waals surface area contributed by atoms with Crippen LogP contribution < -0.4 is 5.32 Å². The van der Waals surface area contributed by atoms with Gasteiger partial charge in [0.15, 0.2) is 0 Å². The number of piperidine rings is 1. The Morgan fingerprint density at radius 3 is 2.87 bits per heavy atom. The summed E-state index contributed by atoms with van der Waals surface area (Å²) < 4.78 is 10.8. The van der Waals surface area contributed by atoms with Gasteiger partial charge in [0.05, 0.1) is 23.9 Å². The first-order valence-electron chi connectivity index (χ1n) is 11.2. The second-order valence-electron chi connectivity index (χ2n) is 8.54. The summed E-state index contributed by atoms with van der Waals surface area (Å²) in [5.74, 6) is 0.427. The number of para-hydroxylation sites is 1. The molecule has 31 heavy (non-hydrogen) atoms. The number of hydrogen-bond donors (Lipinski definition) is 1. The van der Waals surface area contributed by atoms with Crippen molar-refractivity contribution in [3.8, 4) is 0 Å².